The van der Waals surface area contributed by atoms with Crippen LogP contribution in [0.25, 0.3) is 0 Å². The molecule has 1 amide bonds. The standard InChI is InChI=1S/C14H24N2O3/c15-11-7-5-10(6-8-11)14(19)16(9-13(17)18)12-3-1-2-4-12/h10-12H,1-9,15H2,(H,17,18). The van der Waals surface area contributed by atoms with Crippen molar-refractivity contribution < 1.29 is 14.7 Å². The van der Waals surface area contributed by atoms with Gasteiger partial charge in [-0.05, 0) is 38.5 Å². The van der Waals surface area contributed by atoms with E-state index in [-0.39, 0.29) is 30.5 Å². The van der Waals surface area contributed by atoms with Gasteiger partial charge in [-0.1, -0.05) is 12.8 Å². The zero-order valence-corrected chi connectivity index (χ0v) is 11.4. The van der Waals surface area contributed by atoms with E-state index in [2.05, 4.69) is 0 Å². The van der Waals surface area contributed by atoms with E-state index in [1.54, 1.807) is 4.90 Å². The highest BCUT2D eigenvalue weighted by Gasteiger charge is 2.34. The third-order valence-corrected chi connectivity index (χ3v) is 4.48. The van der Waals surface area contributed by atoms with Gasteiger partial charge in [0.05, 0.1) is 0 Å². The first-order valence-corrected chi connectivity index (χ1v) is 7.35. The molecule has 19 heavy (non-hydrogen) atoms. The first-order chi connectivity index (χ1) is 9.08. The number of carbonyl (C=O) groups is 2. The van der Waals surface area contributed by atoms with E-state index >= 15 is 0 Å². The van der Waals surface area contributed by atoms with Crippen molar-refractivity contribution in [3.8, 4) is 0 Å². The van der Waals surface area contributed by atoms with Crippen molar-refractivity contribution in [3.63, 3.8) is 0 Å². The molecule has 0 heterocycles. The van der Waals surface area contributed by atoms with Crippen LogP contribution in [-0.2, 0) is 9.59 Å². The smallest absolute Gasteiger partial charge is 0.323 e. The Labute approximate surface area is 114 Å². The van der Waals surface area contributed by atoms with Crippen molar-refractivity contribution in [2.75, 3.05) is 6.54 Å². The largest absolute Gasteiger partial charge is 0.480 e. The Morgan fingerprint density at radius 2 is 1.63 bits per heavy atom. The molecule has 108 valence electrons. The molecule has 0 bridgehead atoms. The predicted molar refractivity (Wildman–Crippen MR) is 71.5 cm³/mol. The average molecular weight is 268 g/mol. The number of hydrogen-bond acceptors (Lipinski definition) is 3. The maximum absolute atomic E-state index is 12.5. The van der Waals surface area contributed by atoms with Gasteiger partial charge in [-0.25, -0.2) is 0 Å². The molecule has 0 aromatic heterocycles. The van der Waals surface area contributed by atoms with Crippen molar-refractivity contribution in [1.29, 1.82) is 0 Å². The van der Waals surface area contributed by atoms with Crippen LogP contribution in [0.1, 0.15) is 51.4 Å². The van der Waals surface area contributed by atoms with Crippen molar-refractivity contribution in [1.82, 2.24) is 4.90 Å². The van der Waals surface area contributed by atoms with Crippen LogP contribution in [-0.4, -0.2) is 40.5 Å². The number of hydrogen-bond donors (Lipinski definition) is 2. The molecule has 2 aliphatic carbocycles. The second-order valence-corrected chi connectivity index (χ2v) is 5.91. The molecule has 0 atom stereocenters. The first kappa shape index (κ1) is 14.3. The van der Waals surface area contributed by atoms with E-state index in [4.69, 9.17) is 10.8 Å². The Bertz CT molecular complexity index is 332. The lowest BCUT2D eigenvalue weighted by atomic mass is 9.85. The van der Waals surface area contributed by atoms with Crippen LogP contribution in [0.2, 0.25) is 0 Å². The minimum absolute atomic E-state index is 0.0141. The number of rotatable bonds is 4. The molecule has 0 saturated heterocycles. The molecule has 2 saturated carbocycles. The number of amides is 1. The lowest BCUT2D eigenvalue weighted by molar-refractivity contribution is -0.148. The number of carboxylic acid groups (broad SMARTS) is 1. The van der Waals surface area contributed by atoms with Crippen molar-refractivity contribution >= 4 is 11.9 Å². The summed E-state index contributed by atoms with van der Waals surface area (Å²) in [6.45, 7) is -0.147. The minimum Gasteiger partial charge on any atom is -0.480 e. The fourth-order valence-electron chi connectivity index (χ4n) is 3.35. The third kappa shape index (κ3) is 3.69. The van der Waals surface area contributed by atoms with E-state index in [1.165, 1.54) is 0 Å². The quantitative estimate of drug-likeness (QED) is 0.806. The van der Waals surface area contributed by atoms with Crippen LogP contribution in [0, 0.1) is 5.92 Å². The third-order valence-electron chi connectivity index (χ3n) is 4.48. The van der Waals surface area contributed by atoms with E-state index < -0.39 is 5.97 Å². The first-order valence-electron chi connectivity index (χ1n) is 7.35. The van der Waals surface area contributed by atoms with Gasteiger partial charge in [0.1, 0.15) is 6.54 Å². The van der Waals surface area contributed by atoms with Crippen LogP contribution in [0.5, 0.6) is 0 Å². The summed E-state index contributed by atoms with van der Waals surface area (Å²) in [5.41, 5.74) is 5.86. The van der Waals surface area contributed by atoms with Gasteiger partial charge in [-0.2, -0.15) is 0 Å². The second-order valence-electron chi connectivity index (χ2n) is 5.91. The highest BCUT2D eigenvalue weighted by atomic mass is 16.4. The molecule has 0 unspecified atom stereocenters. The SMILES string of the molecule is NC1CCC(C(=O)N(CC(=O)O)C2CCCC2)CC1. The summed E-state index contributed by atoms with van der Waals surface area (Å²) in [7, 11) is 0. The molecule has 5 nitrogen and oxygen atoms in total. The van der Waals surface area contributed by atoms with Gasteiger partial charge in [0.25, 0.3) is 0 Å². The van der Waals surface area contributed by atoms with Crippen molar-refractivity contribution in [2.45, 2.75) is 63.5 Å². The summed E-state index contributed by atoms with van der Waals surface area (Å²) in [6, 6.07) is 0.350. The van der Waals surface area contributed by atoms with E-state index in [0.717, 1.165) is 51.4 Å². The molecule has 2 aliphatic rings. The van der Waals surface area contributed by atoms with Gasteiger partial charge in [0, 0.05) is 18.0 Å². The van der Waals surface area contributed by atoms with Crippen LogP contribution in [0.4, 0.5) is 0 Å². The monoisotopic (exact) mass is 268 g/mol. The summed E-state index contributed by atoms with van der Waals surface area (Å²) in [5.74, 6) is -0.881. The normalized spacial score (nSPS) is 28.3. The van der Waals surface area contributed by atoms with Crippen molar-refractivity contribution in [3.05, 3.63) is 0 Å². The summed E-state index contributed by atoms with van der Waals surface area (Å²) >= 11 is 0. The summed E-state index contributed by atoms with van der Waals surface area (Å²) in [6.07, 6.45) is 7.47. The maximum Gasteiger partial charge on any atom is 0.323 e. The Morgan fingerprint density at radius 1 is 1.05 bits per heavy atom. The summed E-state index contributed by atoms with van der Waals surface area (Å²) < 4.78 is 0. The zero-order chi connectivity index (χ0) is 13.8. The van der Waals surface area contributed by atoms with E-state index in [9.17, 15) is 9.59 Å². The molecule has 3 N–H and O–H groups in total. The lowest BCUT2D eigenvalue weighted by Crippen LogP contribution is -2.46. The Hall–Kier alpha value is -1.10. The predicted octanol–water partition coefficient (Wildman–Crippen LogP) is 1.36. The zero-order valence-electron chi connectivity index (χ0n) is 11.4. The molecule has 2 fully saturated rings. The molecule has 0 aliphatic heterocycles. The van der Waals surface area contributed by atoms with E-state index in [0.29, 0.717) is 0 Å². The minimum atomic E-state index is -0.909. The highest BCUT2D eigenvalue weighted by Crippen LogP contribution is 2.29. The molecule has 0 aromatic rings. The van der Waals surface area contributed by atoms with Gasteiger partial charge in [-0.3, -0.25) is 9.59 Å². The van der Waals surface area contributed by atoms with Gasteiger partial charge >= 0.3 is 5.97 Å². The van der Waals surface area contributed by atoms with Crippen LogP contribution in [0.15, 0.2) is 0 Å². The molecule has 0 spiro atoms. The number of carbonyl (C=O) groups excluding carboxylic acids is 1. The molecule has 0 aromatic carbocycles. The van der Waals surface area contributed by atoms with Gasteiger partial charge < -0.3 is 15.7 Å². The van der Waals surface area contributed by atoms with Gasteiger partial charge in [0.2, 0.25) is 5.91 Å². The molecular formula is C14H24N2O3. The van der Waals surface area contributed by atoms with Gasteiger partial charge in [0.15, 0.2) is 0 Å². The molecule has 0 radical (unpaired) electrons. The number of carboxylic acids is 1. The fraction of sp³-hybridized carbons (Fsp3) is 0.857. The van der Waals surface area contributed by atoms with Crippen LogP contribution < -0.4 is 5.73 Å². The topological polar surface area (TPSA) is 83.6 Å². The summed E-state index contributed by atoms with van der Waals surface area (Å²) in [5, 5.41) is 9.02. The van der Waals surface area contributed by atoms with Crippen LogP contribution >= 0.6 is 0 Å². The van der Waals surface area contributed by atoms with Crippen LogP contribution in [0.3, 0.4) is 0 Å². The highest BCUT2D eigenvalue weighted by molar-refractivity contribution is 5.83. The second kappa shape index (κ2) is 6.37. The number of nitrogens with zero attached hydrogens (tertiary/aromatic N) is 1. The molecule has 5 heteroatoms. The summed E-state index contributed by atoms with van der Waals surface area (Å²) in [4.78, 5) is 25.2. The average Bonchev–Trinajstić information content (AvgIpc) is 2.89. The molecule has 2 rings (SSSR count). The van der Waals surface area contributed by atoms with E-state index in [1.807, 2.05) is 0 Å². The Morgan fingerprint density at radius 3 is 2.16 bits per heavy atom. The number of aliphatic carboxylic acids is 1. The van der Waals surface area contributed by atoms with Crippen molar-refractivity contribution in [2.24, 2.45) is 11.7 Å². The Kier molecular flexibility index (Phi) is 4.80. The molecular weight excluding hydrogens is 244 g/mol. The van der Waals surface area contributed by atoms with Gasteiger partial charge in [-0.15, -0.1) is 0 Å². The number of nitrogens with two attached hydrogens (primary N) is 1. The maximum atomic E-state index is 12.5. The fourth-order valence-corrected chi connectivity index (χ4v) is 3.35. The lowest BCUT2D eigenvalue weighted by Gasteiger charge is -2.33. The Balaban J connectivity index is 2.00.